The van der Waals surface area contributed by atoms with E-state index in [2.05, 4.69) is 0 Å². The molecular formula is C8H13F2NO3S. The zero-order chi connectivity index (χ0) is 11.2. The van der Waals surface area contributed by atoms with Gasteiger partial charge in [0.1, 0.15) is 0 Å². The number of sulfonamides is 1. The monoisotopic (exact) mass is 241 g/mol. The number of rotatable bonds is 2. The van der Waals surface area contributed by atoms with Crippen LogP contribution < -0.4 is 0 Å². The summed E-state index contributed by atoms with van der Waals surface area (Å²) >= 11 is 0. The predicted molar refractivity (Wildman–Crippen MR) is 48.8 cm³/mol. The molecule has 2 atom stereocenters. The van der Waals surface area contributed by atoms with Gasteiger partial charge in [-0.2, -0.15) is 13.1 Å². The molecule has 2 fully saturated rings. The van der Waals surface area contributed by atoms with Crippen molar-refractivity contribution < 1.29 is 22.3 Å². The highest BCUT2D eigenvalue weighted by atomic mass is 32.2. The van der Waals surface area contributed by atoms with Crippen LogP contribution in [-0.2, 0) is 10.0 Å². The van der Waals surface area contributed by atoms with Crippen LogP contribution in [0.3, 0.4) is 0 Å². The maximum Gasteiger partial charge on any atom is 0.350 e. The zero-order valence-corrected chi connectivity index (χ0v) is 8.83. The molecule has 0 aliphatic carbocycles. The summed E-state index contributed by atoms with van der Waals surface area (Å²) in [6.45, 7) is 0. The highest BCUT2D eigenvalue weighted by Crippen LogP contribution is 2.39. The second-order valence-corrected chi connectivity index (χ2v) is 5.95. The van der Waals surface area contributed by atoms with Crippen molar-refractivity contribution in [2.75, 3.05) is 0 Å². The lowest BCUT2D eigenvalue weighted by molar-refractivity contribution is 0.0723. The highest BCUT2D eigenvalue weighted by molar-refractivity contribution is 7.89. The van der Waals surface area contributed by atoms with Gasteiger partial charge in [-0.15, -0.1) is 0 Å². The van der Waals surface area contributed by atoms with Crippen LogP contribution in [0.5, 0.6) is 0 Å². The zero-order valence-electron chi connectivity index (χ0n) is 8.01. The van der Waals surface area contributed by atoms with Gasteiger partial charge in [-0.3, -0.25) is 0 Å². The lowest BCUT2D eigenvalue weighted by Crippen LogP contribution is -2.49. The summed E-state index contributed by atoms with van der Waals surface area (Å²) in [5.74, 6) is -3.35. The van der Waals surface area contributed by atoms with E-state index >= 15 is 0 Å². The molecule has 2 bridgehead atoms. The number of hydrogen-bond donors (Lipinski definition) is 1. The van der Waals surface area contributed by atoms with Crippen molar-refractivity contribution in [2.45, 2.75) is 49.6 Å². The van der Waals surface area contributed by atoms with Crippen molar-refractivity contribution in [1.82, 2.24) is 4.31 Å². The number of aliphatic hydroxyl groups is 1. The Morgan fingerprint density at radius 1 is 1.20 bits per heavy atom. The molecule has 2 aliphatic heterocycles. The normalized spacial score (nSPS) is 37.5. The summed E-state index contributed by atoms with van der Waals surface area (Å²) < 4.78 is 48.4. The van der Waals surface area contributed by atoms with Crippen molar-refractivity contribution in [3.8, 4) is 0 Å². The molecule has 0 spiro atoms. The van der Waals surface area contributed by atoms with E-state index in [0.29, 0.717) is 12.8 Å². The summed E-state index contributed by atoms with van der Waals surface area (Å²) in [6, 6.07) is -0.865. The number of alkyl halides is 2. The van der Waals surface area contributed by atoms with Crippen LogP contribution in [0.4, 0.5) is 8.78 Å². The van der Waals surface area contributed by atoms with Crippen molar-refractivity contribution in [2.24, 2.45) is 0 Å². The van der Waals surface area contributed by atoms with Crippen LogP contribution in [0, 0.1) is 0 Å². The molecule has 4 nitrogen and oxygen atoms in total. The molecule has 2 aliphatic rings. The first-order chi connectivity index (χ1) is 6.93. The number of nitrogens with zero attached hydrogens (tertiary/aromatic N) is 1. The minimum Gasteiger partial charge on any atom is -0.393 e. The second kappa shape index (κ2) is 3.64. The highest BCUT2D eigenvalue weighted by Gasteiger charge is 2.49. The van der Waals surface area contributed by atoms with E-state index in [0.717, 1.165) is 4.31 Å². The SMILES string of the molecule is O=S(=O)(C(F)F)N1C2CCC1CC(O)C2. The van der Waals surface area contributed by atoms with Gasteiger partial charge in [-0.05, 0) is 25.7 Å². The molecule has 88 valence electrons. The van der Waals surface area contributed by atoms with Gasteiger partial charge in [-0.25, -0.2) is 8.42 Å². The molecule has 0 radical (unpaired) electrons. The molecule has 0 aromatic carbocycles. The number of fused-ring (bicyclic) bond motifs is 2. The summed E-state index contributed by atoms with van der Waals surface area (Å²) in [6.07, 6.45) is 1.17. The minimum absolute atomic E-state index is 0.280. The Kier molecular flexibility index (Phi) is 2.72. The van der Waals surface area contributed by atoms with Gasteiger partial charge in [0.25, 0.3) is 10.0 Å². The van der Waals surface area contributed by atoms with Crippen LogP contribution in [0.1, 0.15) is 25.7 Å². The van der Waals surface area contributed by atoms with Crippen molar-refractivity contribution in [3.05, 3.63) is 0 Å². The Balaban J connectivity index is 2.26. The molecule has 1 N–H and O–H groups in total. The minimum atomic E-state index is -4.47. The fourth-order valence-electron chi connectivity index (χ4n) is 2.61. The molecule has 2 saturated heterocycles. The topological polar surface area (TPSA) is 57.6 Å². The third kappa shape index (κ3) is 1.76. The van der Waals surface area contributed by atoms with Gasteiger partial charge in [0.05, 0.1) is 6.10 Å². The molecule has 2 rings (SSSR count). The Morgan fingerprint density at radius 3 is 2.07 bits per heavy atom. The third-order valence-electron chi connectivity index (χ3n) is 3.16. The number of hydrogen-bond acceptors (Lipinski definition) is 3. The smallest absolute Gasteiger partial charge is 0.350 e. The van der Waals surface area contributed by atoms with Crippen LogP contribution in [0.15, 0.2) is 0 Å². The summed E-state index contributed by atoms with van der Waals surface area (Å²) in [5.41, 5.74) is 0. The fraction of sp³-hybridized carbons (Fsp3) is 1.00. The summed E-state index contributed by atoms with van der Waals surface area (Å²) in [7, 11) is -4.47. The third-order valence-corrected chi connectivity index (χ3v) is 4.79. The first-order valence-electron chi connectivity index (χ1n) is 4.91. The molecule has 7 heteroatoms. The van der Waals surface area contributed by atoms with Crippen molar-refractivity contribution in [1.29, 1.82) is 0 Å². The lowest BCUT2D eigenvalue weighted by atomic mass is 10.0. The van der Waals surface area contributed by atoms with Gasteiger partial charge < -0.3 is 5.11 Å². The Labute approximate surface area is 86.9 Å². The molecule has 2 heterocycles. The van der Waals surface area contributed by atoms with E-state index in [1.807, 2.05) is 0 Å². The quantitative estimate of drug-likeness (QED) is 0.767. The number of aliphatic hydroxyl groups excluding tert-OH is 1. The molecule has 0 amide bonds. The summed E-state index contributed by atoms with van der Waals surface area (Å²) in [5, 5.41) is 9.40. The van der Waals surface area contributed by atoms with E-state index < -0.39 is 34.0 Å². The first kappa shape index (κ1) is 11.2. The molecule has 2 unspecified atom stereocenters. The molecule has 0 aromatic rings. The fourth-order valence-corrected chi connectivity index (χ4v) is 4.01. The van der Waals surface area contributed by atoms with Crippen molar-refractivity contribution >= 4 is 10.0 Å². The van der Waals surface area contributed by atoms with Crippen LogP contribution in [-0.4, -0.2) is 41.8 Å². The standard InChI is InChI=1S/C8H13F2NO3S/c9-8(10)15(13,14)11-5-1-2-6(11)4-7(12)3-5/h5-8,12H,1-4H2. The van der Waals surface area contributed by atoms with Crippen LogP contribution in [0.2, 0.25) is 0 Å². The lowest BCUT2D eigenvalue weighted by Gasteiger charge is -2.35. The molecule has 0 saturated carbocycles. The Morgan fingerprint density at radius 2 is 1.67 bits per heavy atom. The van der Waals surface area contributed by atoms with Gasteiger partial charge in [0.2, 0.25) is 0 Å². The largest absolute Gasteiger partial charge is 0.393 e. The maximum absolute atomic E-state index is 12.4. The predicted octanol–water partition coefficient (Wildman–Crippen LogP) is 0.526. The maximum atomic E-state index is 12.4. The molecule has 15 heavy (non-hydrogen) atoms. The van der Waals surface area contributed by atoms with Crippen LogP contribution in [0.25, 0.3) is 0 Å². The average molecular weight is 241 g/mol. The number of halogens is 2. The molecular weight excluding hydrogens is 228 g/mol. The van der Waals surface area contributed by atoms with Gasteiger partial charge in [-0.1, -0.05) is 0 Å². The van der Waals surface area contributed by atoms with Gasteiger partial charge in [0.15, 0.2) is 0 Å². The van der Waals surface area contributed by atoms with E-state index in [4.69, 9.17) is 0 Å². The number of piperidine rings is 1. The first-order valence-corrected chi connectivity index (χ1v) is 6.42. The summed E-state index contributed by atoms with van der Waals surface area (Å²) in [4.78, 5) is 0. The Bertz CT molecular complexity index is 332. The second-order valence-electron chi connectivity index (χ2n) is 4.15. The van der Waals surface area contributed by atoms with E-state index in [9.17, 15) is 22.3 Å². The van der Waals surface area contributed by atoms with E-state index in [-0.39, 0.29) is 12.8 Å². The Hall–Kier alpha value is -0.270. The van der Waals surface area contributed by atoms with Crippen LogP contribution >= 0.6 is 0 Å². The van der Waals surface area contributed by atoms with Gasteiger partial charge in [0, 0.05) is 12.1 Å². The van der Waals surface area contributed by atoms with E-state index in [1.165, 1.54) is 0 Å². The molecule has 0 aromatic heterocycles. The average Bonchev–Trinajstić information content (AvgIpc) is 2.39. The van der Waals surface area contributed by atoms with Crippen molar-refractivity contribution in [3.63, 3.8) is 0 Å². The van der Waals surface area contributed by atoms with E-state index in [1.54, 1.807) is 0 Å². The van der Waals surface area contributed by atoms with Gasteiger partial charge >= 0.3 is 5.76 Å².